The number of halogens is 2. The number of nitriles is 1. The van der Waals surface area contributed by atoms with Crippen molar-refractivity contribution in [1.29, 1.82) is 5.26 Å². The summed E-state index contributed by atoms with van der Waals surface area (Å²) in [6.07, 6.45) is 2.69. The van der Waals surface area contributed by atoms with E-state index in [0.29, 0.717) is 6.54 Å². The van der Waals surface area contributed by atoms with Gasteiger partial charge in [-0.1, -0.05) is 6.92 Å². The van der Waals surface area contributed by atoms with Gasteiger partial charge < -0.3 is 5.32 Å². The van der Waals surface area contributed by atoms with Crippen LogP contribution in [0.3, 0.4) is 0 Å². The zero-order valence-electron chi connectivity index (χ0n) is 12.0. The van der Waals surface area contributed by atoms with E-state index >= 15 is 0 Å². The largest absolute Gasteiger partial charge is 0.308 e. The maximum Gasteiger partial charge on any atom is 0.131 e. The maximum atomic E-state index is 13.7. The molecule has 0 amide bonds. The van der Waals surface area contributed by atoms with Crippen molar-refractivity contribution in [3.63, 3.8) is 0 Å². The van der Waals surface area contributed by atoms with E-state index in [-0.39, 0.29) is 17.7 Å². The minimum Gasteiger partial charge on any atom is -0.308 e. The molecule has 0 aliphatic heterocycles. The summed E-state index contributed by atoms with van der Waals surface area (Å²) in [7, 11) is 1.84. The lowest BCUT2D eigenvalue weighted by Crippen LogP contribution is -2.15. The van der Waals surface area contributed by atoms with Crippen molar-refractivity contribution in [3.8, 4) is 6.07 Å². The minimum absolute atomic E-state index is 0.0192. The van der Waals surface area contributed by atoms with Gasteiger partial charge >= 0.3 is 0 Å². The molecule has 6 heteroatoms. The molecule has 2 aromatic rings. The molecule has 1 aromatic carbocycles. The summed E-state index contributed by atoms with van der Waals surface area (Å²) in [5, 5.41) is 16.0. The van der Waals surface area contributed by atoms with Crippen LogP contribution in [-0.4, -0.2) is 9.78 Å². The standard InChI is InChI=1S/C15H16F2N4/c1-3-15-11(9-21(2)20-15)7-19-8-12-13(16)4-10(6-18)5-14(12)17/h4-5,9,19H,3,7-8H2,1-2H3. The first-order chi connectivity index (χ1) is 10.0. The van der Waals surface area contributed by atoms with Gasteiger partial charge in [-0.3, -0.25) is 4.68 Å². The lowest BCUT2D eigenvalue weighted by atomic mass is 10.1. The van der Waals surface area contributed by atoms with Crippen molar-refractivity contribution >= 4 is 0 Å². The maximum absolute atomic E-state index is 13.7. The van der Waals surface area contributed by atoms with Gasteiger partial charge in [0.25, 0.3) is 0 Å². The van der Waals surface area contributed by atoms with E-state index in [1.165, 1.54) is 0 Å². The highest BCUT2D eigenvalue weighted by Crippen LogP contribution is 2.15. The van der Waals surface area contributed by atoms with Crippen molar-refractivity contribution in [3.05, 3.63) is 52.3 Å². The Morgan fingerprint density at radius 3 is 2.52 bits per heavy atom. The Labute approximate surface area is 122 Å². The van der Waals surface area contributed by atoms with Crippen LogP contribution in [0.5, 0.6) is 0 Å². The molecule has 2 rings (SSSR count). The Kier molecular flexibility index (Phi) is 4.66. The van der Waals surface area contributed by atoms with Gasteiger partial charge in [0.05, 0.1) is 17.3 Å². The second kappa shape index (κ2) is 6.46. The number of nitrogens with one attached hydrogen (secondary N) is 1. The summed E-state index contributed by atoms with van der Waals surface area (Å²) in [4.78, 5) is 0. The van der Waals surface area contributed by atoms with Crippen molar-refractivity contribution in [2.24, 2.45) is 7.05 Å². The molecule has 0 unspecified atom stereocenters. The van der Waals surface area contributed by atoms with Crippen molar-refractivity contribution in [2.75, 3.05) is 0 Å². The molecular weight excluding hydrogens is 274 g/mol. The van der Waals surface area contributed by atoms with Crippen LogP contribution in [0.2, 0.25) is 0 Å². The SMILES string of the molecule is CCc1nn(C)cc1CNCc1c(F)cc(C#N)cc1F. The summed E-state index contributed by atoms with van der Waals surface area (Å²) in [6.45, 7) is 2.54. The van der Waals surface area contributed by atoms with E-state index in [0.717, 1.165) is 29.8 Å². The molecule has 4 nitrogen and oxygen atoms in total. The Balaban J connectivity index is 2.05. The van der Waals surface area contributed by atoms with E-state index in [4.69, 9.17) is 5.26 Å². The first-order valence-corrected chi connectivity index (χ1v) is 6.65. The van der Waals surface area contributed by atoms with Gasteiger partial charge in [-0.05, 0) is 18.6 Å². The summed E-state index contributed by atoms with van der Waals surface area (Å²) in [5.74, 6) is -1.41. The third-order valence-electron chi connectivity index (χ3n) is 3.21. The number of aromatic nitrogens is 2. The third-order valence-corrected chi connectivity index (χ3v) is 3.21. The Bertz CT molecular complexity index is 662. The third kappa shape index (κ3) is 3.44. The number of nitrogens with zero attached hydrogens (tertiary/aromatic N) is 3. The summed E-state index contributed by atoms with van der Waals surface area (Å²) in [5.41, 5.74) is 1.89. The molecule has 110 valence electrons. The molecule has 0 aliphatic carbocycles. The molecule has 21 heavy (non-hydrogen) atoms. The van der Waals surface area contributed by atoms with Gasteiger partial charge in [-0.25, -0.2) is 8.78 Å². The Hall–Kier alpha value is -2.26. The molecule has 0 bridgehead atoms. The van der Waals surface area contributed by atoms with Crippen molar-refractivity contribution in [2.45, 2.75) is 26.4 Å². The predicted molar refractivity (Wildman–Crippen MR) is 74.2 cm³/mol. The second-order valence-electron chi connectivity index (χ2n) is 4.76. The predicted octanol–water partition coefficient (Wildman–Crippen LogP) is 2.42. The second-order valence-corrected chi connectivity index (χ2v) is 4.76. The fourth-order valence-electron chi connectivity index (χ4n) is 2.19. The average Bonchev–Trinajstić information content (AvgIpc) is 2.81. The van der Waals surface area contributed by atoms with E-state index in [1.54, 1.807) is 10.8 Å². The van der Waals surface area contributed by atoms with Crippen LogP contribution in [0.1, 0.15) is 29.3 Å². The van der Waals surface area contributed by atoms with E-state index in [2.05, 4.69) is 10.4 Å². The molecule has 1 N–H and O–H groups in total. The van der Waals surface area contributed by atoms with E-state index < -0.39 is 11.6 Å². The van der Waals surface area contributed by atoms with Gasteiger partial charge in [-0.2, -0.15) is 10.4 Å². The molecule has 0 saturated heterocycles. The van der Waals surface area contributed by atoms with Crippen LogP contribution in [0.25, 0.3) is 0 Å². The molecule has 1 aromatic heterocycles. The van der Waals surface area contributed by atoms with E-state index in [1.807, 2.05) is 20.2 Å². The highest BCUT2D eigenvalue weighted by atomic mass is 19.1. The molecule has 0 spiro atoms. The quantitative estimate of drug-likeness (QED) is 0.920. The number of hydrogen-bond donors (Lipinski definition) is 1. The van der Waals surface area contributed by atoms with Gasteiger partial charge in [0.15, 0.2) is 0 Å². The monoisotopic (exact) mass is 290 g/mol. The molecule has 1 heterocycles. The van der Waals surface area contributed by atoms with Gasteiger partial charge in [0.2, 0.25) is 0 Å². The summed E-state index contributed by atoms with van der Waals surface area (Å²) >= 11 is 0. The van der Waals surface area contributed by atoms with Crippen LogP contribution in [0, 0.1) is 23.0 Å². The van der Waals surface area contributed by atoms with Crippen LogP contribution >= 0.6 is 0 Å². The zero-order chi connectivity index (χ0) is 15.4. The van der Waals surface area contributed by atoms with Crippen molar-refractivity contribution < 1.29 is 8.78 Å². The molecule has 0 atom stereocenters. The van der Waals surface area contributed by atoms with Crippen LogP contribution < -0.4 is 5.32 Å². The molecule has 0 fully saturated rings. The Morgan fingerprint density at radius 1 is 1.29 bits per heavy atom. The highest BCUT2D eigenvalue weighted by Gasteiger charge is 2.12. The Morgan fingerprint density at radius 2 is 1.95 bits per heavy atom. The smallest absolute Gasteiger partial charge is 0.131 e. The summed E-state index contributed by atoms with van der Waals surface area (Å²) < 4.78 is 29.2. The topological polar surface area (TPSA) is 53.6 Å². The van der Waals surface area contributed by atoms with Crippen LogP contribution in [0.15, 0.2) is 18.3 Å². The van der Waals surface area contributed by atoms with Gasteiger partial charge in [-0.15, -0.1) is 0 Å². The fourth-order valence-corrected chi connectivity index (χ4v) is 2.19. The van der Waals surface area contributed by atoms with Gasteiger partial charge in [0.1, 0.15) is 11.6 Å². The van der Waals surface area contributed by atoms with Crippen LogP contribution in [-0.2, 0) is 26.6 Å². The van der Waals surface area contributed by atoms with Crippen LogP contribution in [0.4, 0.5) is 8.78 Å². The van der Waals surface area contributed by atoms with Crippen molar-refractivity contribution in [1.82, 2.24) is 15.1 Å². The van der Waals surface area contributed by atoms with Gasteiger partial charge in [0, 0.05) is 37.5 Å². The number of benzene rings is 1. The normalized spacial score (nSPS) is 10.6. The number of aryl methyl sites for hydroxylation is 2. The lowest BCUT2D eigenvalue weighted by molar-refractivity contribution is 0.534. The highest BCUT2D eigenvalue weighted by molar-refractivity contribution is 5.34. The van der Waals surface area contributed by atoms with E-state index in [9.17, 15) is 8.78 Å². The lowest BCUT2D eigenvalue weighted by Gasteiger charge is -2.07. The number of hydrogen-bond acceptors (Lipinski definition) is 3. The molecule has 0 radical (unpaired) electrons. The number of rotatable bonds is 5. The first kappa shape index (κ1) is 15.1. The zero-order valence-corrected chi connectivity index (χ0v) is 12.0. The molecule has 0 aliphatic rings. The average molecular weight is 290 g/mol. The molecule has 0 saturated carbocycles. The molecular formula is C15H16F2N4. The fraction of sp³-hybridized carbons (Fsp3) is 0.333. The minimum atomic E-state index is -0.707. The first-order valence-electron chi connectivity index (χ1n) is 6.65. The summed E-state index contributed by atoms with van der Waals surface area (Å²) in [6, 6.07) is 3.81.